The first-order valence-electron chi connectivity index (χ1n) is 12.3. The van der Waals surface area contributed by atoms with Gasteiger partial charge in [0.05, 0.1) is 17.2 Å². The van der Waals surface area contributed by atoms with Crippen molar-refractivity contribution in [3.8, 4) is 63.2 Å². The molecule has 0 aliphatic carbocycles. The number of ether oxygens (including phenoxy) is 2. The molecule has 0 bridgehead atoms. The third-order valence-corrected chi connectivity index (χ3v) is 6.31. The summed E-state index contributed by atoms with van der Waals surface area (Å²) >= 11 is 0. The molecule has 0 saturated heterocycles. The molecule has 0 aromatic heterocycles. The molecule has 15 heteroatoms. The van der Waals surface area contributed by atoms with Crippen molar-refractivity contribution in [1.29, 1.82) is 0 Å². The molecule has 11 N–H and O–H groups in total. The van der Waals surface area contributed by atoms with Gasteiger partial charge in [0.15, 0.2) is 46.0 Å². The number of hydrogen-bond donors (Lipinski definition) is 11. The molecule has 0 amide bonds. The molecule has 4 aromatic carbocycles. The van der Waals surface area contributed by atoms with E-state index >= 15 is 0 Å². The normalized spacial score (nSPS) is 15.2. The number of hydrogen-bond acceptors (Lipinski definition) is 15. The van der Waals surface area contributed by atoms with Crippen molar-refractivity contribution in [3.63, 3.8) is 0 Å². The van der Waals surface area contributed by atoms with Gasteiger partial charge in [-0.2, -0.15) is 0 Å². The fourth-order valence-corrected chi connectivity index (χ4v) is 4.11. The molecule has 1 aliphatic heterocycles. The molecule has 2 atom stereocenters. The van der Waals surface area contributed by atoms with Crippen LogP contribution in [0.15, 0.2) is 54.6 Å². The number of carbonyl (C=O) groups excluding carboxylic acids is 2. The largest absolute Gasteiger partial charge is 0.508 e. The SMILES string of the molecule is O=C(OC(=O)c1cc(O)c(O)c(O)c1)c1cc(O)c(O)c(O)c1.Oc1cc(O)c2c(c1)O[C@H](c1ccc(O)c(O)c1)[C@@H](O)C2. The lowest BCUT2D eigenvalue weighted by atomic mass is 9.94. The Morgan fingerprint density at radius 2 is 1.11 bits per heavy atom. The highest BCUT2D eigenvalue weighted by atomic mass is 16.6. The summed E-state index contributed by atoms with van der Waals surface area (Å²) in [6.07, 6.45) is -1.56. The molecular formula is C29H24O15. The molecule has 1 aliphatic rings. The number of benzene rings is 4. The summed E-state index contributed by atoms with van der Waals surface area (Å²) < 4.78 is 10.1. The lowest BCUT2D eigenvalue weighted by Gasteiger charge is -2.31. The fourth-order valence-electron chi connectivity index (χ4n) is 4.11. The third-order valence-electron chi connectivity index (χ3n) is 6.31. The van der Waals surface area contributed by atoms with Crippen LogP contribution in [0.25, 0.3) is 0 Å². The van der Waals surface area contributed by atoms with Crippen molar-refractivity contribution in [3.05, 3.63) is 76.9 Å². The molecule has 0 unspecified atom stereocenters. The maximum Gasteiger partial charge on any atom is 0.346 e. The summed E-state index contributed by atoms with van der Waals surface area (Å²) in [6.45, 7) is 0. The van der Waals surface area contributed by atoms with Crippen molar-refractivity contribution in [2.45, 2.75) is 18.6 Å². The Hall–Kier alpha value is -6.22. The number of phenolic OH excluding ortho intramolecular Hbond substituents is 10. The zero-order valence-electron chi connectivity index (χ0n) is 22.1. The summed E-state index contributed by atoms with van der Waals surface area (Å²) in [7, 11) is 0. The number of aromatic hydroxyl groups is 10. The van der Waals surface area contributed by atoms with Gasteiger partial charge >= 0.3 is 11.9 Å². The number of fused-ring (bicyclic) bond motifs is 1. The van der Waals surface area contributed by atoms with E-state index in [-0.39, 0.29) is 35.2 Å². The summed E-state index contributed by atoms with van der Waals surface area (Å²) in [5.41, 5.74) is 0.0302. The van der Waals surface area contributed by atoms with Gasteiger partial charge in [-0.05, 0) is 42.0 Å². The average molecular weight is 612 g/mol. The van der Waals surface area contributed by atoms with E-state index in [1.807, 2.05) is 0 Å². The van der Waals surface area contributed by atoms with E-state index in [2.05, 4.69) is 4.74 Å². The first kappa shape index (κ1) is 30.7. The molecule has 5 rings (SSSR count). The fraction of sp³-hybridized carbons (Fsp3) is 0.103. The van der Waals surface area contributed by atoms with Gasteiger partial charge in [0.1, 0.15) is 23.4 Å². The minimum absolute atomic E-state index is 0.143. The molecule has 230 valence electrons. The summed E-state index contributed by atoms with van der Waals surface area (Å²) in [4.78, 5) is 23.5. The molecule has 0 saturated carbocycles. The van der Waals surface area contributed by atoms with E-state index in [1.165, 1.54) is 30.3 Å². The summed E-state index contributed by atoms with van der Waals surface area (Å²) in [5.74, 6) is -8.03. The molecule has 0 fully saturated rings. The first-order valence-corrected chi connectivity index (χ1v) is 12.3. The highest BCUT2D eigenvalue weighted by Gasteiger charge is 2.32. The topological polar surface area (TPSA) is 275 Å². The van der Waals surface area contributed by atoms with Crippen LogP contribution in [-0.4, -0.2) is 74.2 Å². The lowest BCUT2D eigenvalue weighted by Crippen LogP contribution is -2.30. The number of rotatable bonds is 3. The predicted octanol–water partition coefficient (Wildman–Crippen LogP) is 2.46. The van der Waals surface area contributed by atoms with E-state index < -0.39 is 69.8 Å². The van der Waals surface area contributed by atoms with E-state index in [9.17, 15) is 55.5 Å². The average Bonchev–Trinajstić information content (AvgIpc) is 2.96. The van der Waals surface area contributed by atoms with Gasteiger partial charge in [-0.3, -0.25) is 0 Å². The lowest BCUT2D eigenvalue weighted by molar-refractivity contribution is 0.0197. The van der Waals surface area contributed by atoms with E-state index in [0.717, 1.165) is 24.3 Å². The Bertz CT molecular complexity index is 1650. The Balaban J connectivity index is 0.000000201. The van der Waals surface area contributed by atoms with Crippen molar-refractivity contribution in [2.24, 2.45) is 0 Å². The quantitative estimate of drug-likeness (QED) is 0.0900. The van der Waals surface area contributed by atoms with Crippen molar-refractivity contribution in [1.82, 2.24) is 0 Å². The highest BCUT2D eigenvalue weighted by Crippen LogP contribution is 2.43. The minimum atomic E-state index is -1.27. The van der Waals surface area contributed by atoms with Gasteiger partial charge in [0, 0.05) is 24.1 Å². The van der Waals surface area contributed by atoms with Gasteiger partial charge in [0.25, 0.3) is 0 Å². The van der Waals surface area contributed by atoms with Crippen LogP contribution in [0.2, 0.25) is 0 Å². The molecule has 44 heavy (non-hydrogen) atoms. The molecule has 0 spiro atoms. The first-order chi connectivity index (χ1) is 20.7. The molecular weight excluding hydrogens is 588 g/mol. The molecule has 4 aromatic rings. The number of aliphatic hydroxyl groups excluding tert-OH is 1. The highest BCUT2D eigenvalue weighted by molar-refractivity contribution is 6.03. The van der Waals surface area contributed by atoms with Crippen LogP contribution in [0.4, 0.5) is 0 Å². The van der Waals surface area contributed by atoms with Gasteiger partial charge in [0.2, 0.25) is 0 Å². The van der Waals surface area contributed by atoms with Crippen LogP contribution in [-0.2, 0) is 11.2 Å². The van der Waals surface area contributed by atoms with Crippen LogP contribution < -0.4 is 4.74 Å². The standard InChI is InChI=1S/C15H14O6.C14H10O9/c16-8-4-11(18)9-6-13(20)15(21-14(9)5-8)7-1-2-10(17)12(19)3-7;15-7-1-5(2-8(16)11(7)19)13(21)23-14(22)6-3-9(17)12(20)10(18)4-6/h1-5,13,15-20H,6H2;1-4,15-20H/t13-,15+;/m0./s1. The van der Waals surface area contributed by atoms with E-state index in [4.69, 9.17) is 14.9 Å². The molecule has 15 nitrogen and oxygen atoms in total. The number of phenols is 10. The maximum absolute atomic E-state index is 11.8. The van der Waals surface area contributed by atoms with Gasteiger partial charge < -0.3 is 65.6 Å². The van der Waals surface area contributed by atoms with Crippen LogP contribution in [0.1, 0.15) is 37.9 Å². The zero-order chi connectivity index (χ0) is 32.5. The Labute approximate surface area is 246 Å². The minimum Gasteiger partial charge on any atom is -0.508 e. The van der Waals surface area contributed by atoms with Gasteiger partial charge in [-0.1, -0.05) is 6.07 Å². The number of esters is 2. The summed E-state index contributed by atoms with van der Waals surface area (Å²) in [6, 6.07) is 9.71. The van der Waals surface area contributed by atoms with Crippen molar-refractivity contribution >= 4 is 11.9 Å². The number of carbonyl (C=O) groups is 2. The number of aliphatic hydroxyl groups is 1. The monoisotopic (exact) mass is 612 g/mol. The van der Waals surface area contributed by atoms with Crippen LogP contribution in [0.5, 0.6) is 63.2 Å². The Morgan fingerprint density at radius 1 is 0.614 bits per heavy atom. The summed E-state index contributed by atoms with van der Waals surface area (Å²) in [5, 5.41) is 104. The third kappa shape index (κ3) is 6.32. The second kappa shape index (κ2) is 11.9. The van der Waals surface area contributed by atoms with Crippen molar-refractivity contribution in [2.75, 3.05) is 0 Å². The van der Waals surface area contributed by atoms with Crippen molar-refractivity contribution < 1.29 is 75.2 Å². The second-order valence-corrected chi connectivity index (χ2v) is 9.40. The van der Waals surface area contributed by atoms with Gasteiger partial charge in [-0.25, -0.2) is 9.59 Å². The maximum atomic E-state index is 11.8. The van der Waals surface area contributed by atoms with Crippen LogP contribution >= 0.6 is 0 Å². The van der Waals surface area contributed by atoms with Crippen LogP contribution in [0, 0.1) is 0 Å². The Morgan fingerprint density at radius 3 is 1.59 bits per heavy atom. The van der Waals surface area contributed by atoms with Gasteiger partial charge in [-0.15, -0.1) is 0 Å². The Kier molecular flexibility index (Phi) is 8.34. The van der Waals surface area contributed by atoms with E-state index in [0.29, 0.717) is 11.1 Å². The zero-order valence-corrected chi connectivity index (χ0v) is 22.1. The second-order valence-electron chi connectivity index (χ2n) is 9.40. The predicted molar refractivity (Wildman–Crippen MR) is 145 cm³/mol. The molecule has 0 radical (unpaired) electrons. The van der Waals surface area contributed by atoms with Crippen LogP contribution in [0.3, 0.4) is 0 Å². The smallest absolute Gasteiger partial charge is 0.346 e. The van der Waals surface area contributed by atoms with E-state index in [1.54, 1.807) is 0 Å². The molecule has 1 heterocycles.